The molecule has 3 nitrogen and oxygen atoms in total. The molecular weight excluding hydrogens is 135 g/mol. The molecule has 0 radical (unpaired) electrons. The largest absolute Gasteiger partial charge is 0.379 e. The Hall–Kier alpha value is -0.270. The minimum absolute atomic E-state index is 0.295. The van der Waals surface area contributed by atoms with Crippen molar-refractivity contribution in [2.45, 2.75) is 6.92 Å². The lowest BCUT2D eigenvalue weighted by atomic mass is 10.6. The zero-order valence-corrected chi connectivity index (χ0v) is 6.77. The van der Waals surface area contributed by atoms with Gasteiger partial charge in [0, 0.05) is 0 Å². The van der Waals surface area contributed by atoms with Gasteiger partial charge in [-0.1, -0.05) is 0 Å². The second-order valence-electron chi connectivity index (χ2n) is 1.88. The maximum Gasteiger partial charge on any atom is 0.149 e. The number of rotatable bonds is 2. The Labute approximate surface area is 55.9 Å². The van der Waals surface area contributed by atoms with Crippen LogP contribution >= 0.6 is 8.22 Å². The van der Waals surface area contributed by atoms with Crippen LogP contribution in [-0.4, -0.2) is 18.2 Å². The Morgan fingerprint density at radius 1 is 1.78 bits per heavy atom. The highest BCUT2D eigenvalue weighted by Gasteiger charge is 2.04. The molecule has 1 rings (SSSR count). The summed E-state index contributed by atoms with van der Waals surface area (Å²) in [7, 11) is 1.63. The van der Waals surface area contributed by atoms with Crippen LogP contribution in [0.4, 0.5) is 0 Å². The van der Waals surface area contributed by atoms with Crippen LogP contribution < -0.4 is 5.09 Å². The van der Waals surface area contributed by atoms with E-state index in [0.29, 0.717) is 0 Å². The number of aryl methyl sites for hydroxylation is 1. The van der Waals surface area contributed by atoms with Gasteiger partial charge in [0.2, 0.25) is 0 Å². The first kappa shape index (κ1) is 6.84. The van der Waals surface area contributed by atoms with Gasteiger partial charge in [0.05, 0.1) is 6.20 Å². The third-order valence-corrected chi connectivity index (χ3v) is 2.58. The monoisotopic (exact) mass is 146 g/mol. The summed E-state index contributed by atoms with van der Waals surface area (Å²) in [4.78, 5) is 0. The molecule has 9 heavy (non-hydrogen) atoms. The molecule has 0 aliphatic carbocycles. The Morgan fingerprint density at radius 2 is 2.33 bits per heavy atom. The van der Waals surface area contributed by atoms with Crippen molar-refractivity contribution in [1.82, 2.24) is 9.60 Å². The smallest absolute Gasteiger partial charge is 0.149 e. The summed E-state index contributed by atoms with van der Waals surface area (Å²) in [6.45, 7) is 4.04. The fourth-order valence-corrected chi connectivity index (χ4v) is 1.33. The average Bonchev–Trinajstić information content (AvgIpc) is 1.79. The van der Waals surface area contributed by atoms with E-state index in [1.807, 2.05) is 24.7 Å². The van der Waals surface area contributed by atoms with Crippen LogP contribution in [0.1, 0.15) is 5.76 Å². The van der Waals surface area contributed by atoms with Crippen molar-refractivity contribution in [3.8, 4) is 0 Å². The van der Waals surface area contributed by atoms with Crippen molar-refractivity contribution < 1.29 is 4.52 Å². The minimum atomic E-state index is -0.295. The van der Waals surface area contributed by atoms with Gasteiger partial charge in [0.15, 0.2) is 0 Å². The van der Waals surface area contributed by atoms with Crippen molar-refractivity contribution in [2.24, 2.45) is 0 Å². The molecule has 0 spiro atoms. The molecular formula is C5H11N2OP. The van der Waals surface area contributed by atoms with Crippen molar-refractivity contribution in [2.75, 3.05) is 13.7 Å². The quantitative estimate of drug-likeness (QED) is 0.639. The molecule has 1 atom stereocenters. The van der Waals surface area contributed by atoms with Gasteiger partial charge in [-0.15, -0.1) is 0 Å². The predicted octanol–water partition coefficient (Wildman–Crippen LogP) is 1.40. The van der Waals surface area contributed by atoms with Crippen molar-refractivity contribution in [3.63, 3.8) is 0 Å². The lowest BCUT2D eigenvalue weighted by molar-refractivity contribution is 0.292. The number of nitrogens with zero attached hydrogens (tertiary/aromatic N) is 1. The molecule has 0 bridgehead atoms. The molecule has 0 fully saturated rings. The van der Waals surface area contributed by atoms with Crippen molar-refractivity contribution in [3.05, 3.63) is 12.0 Å². The zero-order valence-electron chi connectivity index (χ0n) is 5.88. The van der Waals surface area contributed by atoms with E-state index in [1.165, 1.54) is 0 Å². The highest BCUT2D eigenvalue weighted by atomic mass is 31.1. The summed E-state index contributed by atoms with van der Waals surface area (Å²) in [6, 6.07) is 0. The molecule has 52 valence electrons. The predicted molar refractivity (Wildman–Crippen MR) is 38.7 cm³/mol. The molecule has 1 N–H and O–H groups in total. The van der Waals surface area contributed by atoms with Gasteiger partial charge in [-0.25, -0.2) is 0 Å². The lowest BCUT2D eigenvalue weighted by Crippen LogP contribution is -2.07. The molecule has 4 heteroatoms. The van der Waals surface area contributed by atoms with Crippen LogP contribution in [0.25, 0.3) is 0 Å². The van der Waals surface area contributed by atoms with Crippen molar-refractivity contribution in [1.29, 1.82) is 0 Å². The summed E-state index contributed by atoms with van der Waals surface area (Å²) in [6.07, 6.45) is 1.99. The minimum Gasteiger partial charge on any atom is -0.379 e. The number of aromatic nitrogens is 1. The first-order chi connectivity index (χ1) is 4.24. The summed E-state index contributed by atoms with van der Waals surface area (Å²) >= 11 is 0. The second kappa shape index (κ2) is 2.54. The van der Waals surface area contributed by atoms with Crippen LogP contribution in [0, 0.1) is 6.92 Å². The molecule has 0 aliphatic rings. The summed E-state index contributed by atoms with van der Waals surface area (Å²) in [5.74, 6) is 0.986. The zero-order chi connectivity index (χ0) is 6.85. The van der Waals surface area contributed by atoms with Crippen LogP contribution in [0.5, 0.6) is 0 Å². The highest BCUT2D eigenvalue weighted by molar-refractivity contribution is 7.52. The van der Waals surface area contributed by atoms with E-state index in [-0.39, 0.29) is 8.22 Å². The molecule has 0 saturated carbocycles. The fraction of sp³-hybridized carbons (Fsp3) is 0.600. The molecule has 0 amide bonds. The molecule has 1 unspecified atom stereocenters. The van der Waals surface area contributed by atoms with Crippen LogP contribution in [0.15, 0.2) is 10.7 Å². The van der Waals surface area contributed by atoms with Crippen LogP contribution in [0.2, 0.25) is 0 Å². The Kier molecular flexibility index (Phi) is 1.94. The summed E-state index contributed by atoms with van der Waals surface area (Å²) in [5, 5.41) is 3.11. The molecule has 0 saturated heterocycles. The maximum atomic E-state index is 5.15. The van der Waals surface area contributed by atoms with Crippen molar-refractivity contribution >= 4 is 8.22 Å². The van der Waals surface area contributed by atoms with Gasteiger partial charge in [-0.2, -0.15) is 4.51 Å². The topological polar surface area (TPSA) is 30.1 Å². The normalized spacial score (nSPS) is 14.1. The molecule has 0 aromatic carbocycles. The van der Waals surface area contributed by atoms with E-state index in [2.05, 4.69) is 11.8 Å². The SMILES string of the molecule is CNP(C)n1cc(C)o1. The van der Waals surface area contributed by atoms with E-state index in [4.69, 9.17) is 4.52 Å². The van der Waals surface area contributed by atoms with E-state index < -0.39 is 0 Å². The van der Waals surface area contributed by atoms with E-state index >= 15 is 0 Å². The van der Waals surface area contributed by atoms with E-state index in [1.54, 1.807) is 0 Å². The summed E-state index contributed by atoms with van der Waals surface area (Å²) in [5.41, 5.74) is 0. The van der Waals surface area contributed by atoms with Crippen LogP contribution in [0.3, 0.4) is 0 Å². The maximum absolute atomic E-state index is 5.15. The first-order valence-electron chi connectivity index (χ1n) is 2.80. The fourth-order valence-electron chi connectivity index (χ4n) is 0.550. The number of nitrogens with one attached hydrogen (secondary N) is 1. The Bertz CT molecular complexity index is 170. The Morgan fingerprint density at radius 3 is 2.67 bits per heavy atom. The molecule has 1 aromatic heterocycles. The lowest BCUT2D eigenvalue weighted by Gasteiger charge is -2.16. The summed E-state index contributed by atoms with van der Waals surface area (Å²) < 4.78 is 6.99. The number of hydrogen-bond donors (Lipinski definition) is 1. The van der Waals surface area contributed by atoms with E-state index in [9.17, 15) is 0 Å². The van der Waals surface area contributed by atoms with Gasteiger partial charge < -0.3 is 4.52 Å². The molecule has 1 aromatic rings. The highest BCUT2D eigenvalue weighted by Crippen LogP contribution is 2.28. The van der Waals surface area contributed by atoms with Gasteiger partial charge in [0.1, 0.15) is 14.0 Å². The number of hydrogen-bond acceptors (Lipinski definition) is 2. The third kappa shape index (κ3) is 1.35. The van der Waals surface area contributed by atoms with Gasteiger partial charge >= 0.3 is 0 Å². The van der Waals surface area contributed by atoms with Gasteiger partial charge in [-0.3, -0.25) is 5.09 Å². The first-order valence-corrected chi connectivity index (χ1v) is 4.55. The molecule has 1 heterocycles. The van der Waals surface area contributed by atoms with Gasteiger partial charge in [0.25, 0.3) is 0 Å². The third-order valence-electron chi connectivity index (χ3n) is 1.15. The van der Waals surface area contributed by atoms with E-state index in [0.717, 1.165) is 5.76 Å². The Balaban J connectivity index is 2.51. The molecule has 0 aliphatic heterocycles. The second-order valence-corrected chi connectivity index (χ2v) is 3.77. The van der Waals surface area contributed by atoms with Crippen LogP contribution in [-0.2, 0) is 0 Å². The standard InChI is InChI=1S/C5H11N2OP/c1-5-4-7(8-5)9(3)6-2/h4,6H,1-3H3. The average molecular weight is 146 g/mol. The van der Waals surface area contributed by atoms with Gasteiger partial charge in [-0.05, 0) is 20.6 Å².